The molecule has 3 rings (SSSR count). The van der Waals surface area contributed by atoms with Crippen molar-refractivity contribution < 1.29 is 32.2 Å². The number of carboxylic acid groups (broad SMARTS) is 1. The van der Waals surface area contributed by atoms with E-state index in [2.05, 4.69) is 43.9 Å². The molecule has 42 heavy (non-hydrogen) atoms. The Hall–Kier alpha value is -3.38. The number of aliphatic carboxylic acids is 1. The standard InChI is InChI=1S/C31H42N2O7SSi/c1-31(2,3)42(6,7)40-28(20-32-29(30(34)35)23-13-16-25(38-4)17-14-23)24-15-18-27(26(19-24)33-41(5,36)37)39-21-22-11-9-8-10-12-22/h8-19,28-29,32-33H,20-21H2,1-7H3,(H,34,35)/t28-,29?/m1/s1. The molecule has 3 aromatic carbocycles. The summed E-state index contributed by atoms with van der Waals surface area (Å²) in [6.45, 7) is 11.0. The zero-order chi connectivity index (χ0) is 31.1. The van der Waals surface area contributed by atoms with Crippen LogP contribution >= 0.6 is 0 Å². The fraction of sp³-hybridized carbons (Fsp3) is 0.387. The maximum absolute atomic E-state index is 12.3. The number of methoxy groups -OCH3 is 1. The van der Waals surface area contributed by atoms with Gasteiger partial charge in [0.1, 0.15) is 24.1 Å². The Balaban J connectivity index is 1.97. The smallest absolute Gasteiger partial charge is 0.325 e. The van der Waals surface area contributed by atoms with Crippen molar-refractivity contribution in [3.63, 3.8) is 0 Å². The topological polar surface area (TPSA) is 123 Å². The van der Waals surface area contributed by atoms with E-state index in [1.54, 1.807) is 43.5 Å². The summed E-state index contributed by atoms with van der Waals surface area (Å²) in [4.78, 5) is 12.3. The molecule has 0 spiro atoms. The van der Waals surface area contributed by atoms with Gasteiger partial charge in [0.25, 0.3) is 0 Å². The molecular weight excluding hydrogens is 573 g/mol. The van der Waals surface area contributed by atoms with Crippen LogP contribution in [0.3, 0.4) is 0 Å². The molecule has 1 unspecified atom stereocenters. The highest BCUT2D eigenvalue weighted by Gasteiger charge is 2.40. The number of carboxylic acids is 1. The molecule has 2 atom stereocenters. The molecule has 0 bridgehead atoms. The largest absolute Gasteiger partial charge is 0.497 e. The number of benzene rings is 3. The Morgan fingerprint density at radius 2 is 1.60 bits per heavy atom. The first-order valence-electron chi connectivity index (χ1n) is 13.7. The number of nitrogens with one attached hydrogen (secondary N) is 2. The molecule has 0 amide bonds. The van der Waals surface area contributed by atoms with E-state index in [4.69, 9.17) is 13.9 Å². The SMILES string of the molecule is COc1ccc(C(NC[C@@H](O[Si](C)(C)C(C)(C)C)c2ccc(OCc3ccccc3)c(NS(C)(=O)=O)c2)C(=O)O)cc1. The second kappa shape index (κ2) is 13.7. The molecule has 11 heteroatoms. The quantitative estimate of drug-likeness (QED) is 0.186. The molecule has 228 valence electrons. The summed E-state index contributed by atoms with van der Waals surface area (Å²) in [6.07, 6.45) is 0.507. The van der Waals surface area contributed by atoms with Crippen LogP contribution in [0.15, 0.2) is 72.8 Å². The first kappa shape index (κ1) is 33.1. The summed E-state index contributed by atoms with van der Waals surface area (Å²) in [5, 5.41) is 13.1. The Labute approximate surface area is 250 Å². The molecule has 0 heterocycles. The lowest BCUT2D eigenvalue weighted by Gasteiger charge is -2.40. The van der Waals surface area contributed by atoms with Crippen LogP contribution in [0.5, 0.6) is 11.5 Å². The third-order valence-electron chi connectivity index (χ3n) is 7.35. The highest BCUT2D eigenvalue weighted by atomic mass is 32.2. The molecule has 0 radical (unpaired) electrons. The molecule has 0 aliphatic carbocycles. The Morgan fingerprint density at radius 3 is 2.14 bits per heavy atom. The van der Waals surface area contributed by atoms with Gasteiger partial charge in [0.15, 0.2) is 8.32 Å². The van der Waals surface area contributed by atoms with Crippen LogP contribution in [0.1, 0.15) is 49.6 Å². The number of rotatable bonds is 14. The van der Waals surface area contributed by atoms with Gasteiger partial charge >= 0.3 is 5.97 Å². The van der Waals surface area contributed by atoms with E-state index in [-0.39, 0.29) is 23.9 Å². The summed E-state index contributed by atoms with van der Waals surface area (Å²) in [5.41, 5.74) is 2.47. The van der Waals surface area contributed by atoms with E-state index in [9.17, 15) is 18.3 Å². The molecule has 9 nitrogen and oxygen atoms in total. The summed E-state index contributed by atoms with van der Waals surface area (Å²) in [5.74, 6) is -0.0356. The predicted octanol–water partition coefficient (Wildman–Crippen LogP) is 6.12. The second-order valence-electron chi connectivity index (χ2n) is 11.7. The van der Waals surface area contributed by atoms with Gasteiger partial charge in [0.2, 0.25) is 10.0 Å². The number of hydrogen-bond acceptors (Lipinski definition) is 7. The number of anilines is 1. The number of sulfonamides is 1. The van der Waals surface area contributed by atoms with Gasteiger partial charge in [-0.1, -0.05) is 69.3 Å². The van der Waals surface area contributed by atoms with Gasteiger partial charge in [-0.3, -0.25) is 14.8 Å². The molecule has 0 aliphatic heterocycles. The summed E-state index contributed by atoms with van der Waals surface area (Å²) < 4.78 is 45.1. The second-order valence-corrected chi connectivity index (χ2v) is 18.2. The van der Waals surface area contributed by atoms with Gasteiger partial charge in [-0.25, -0.2) is 8.42 Å². The van der Waals surface area contributed by atoms with E-state index in [1.165, 1.54) is 0 Å². The summed E-state index contributed by atoms with van der Waals surface area (Å²) in [7, 11) is -4.43. The van der Waals surface area contributed by atoms with Crippen LogP contribution in [0, 0.1) is 0 Å². The first-order valence-corrected chi connectivity index (χ1v) is 18.5. The Kier molecular flexibility index (Phi) is 10.8. The number of carbonyl (C=O) groups is 1. The van der Waals surface area contributed by atoms with Gasteiger partial charge in [0, 0.05) is 6.54 Å². The fourth-order valence-corrected chi connectivity index (χ4v) is 5.86. The van der Waals surface area contributed by atoms with Crippen LogP contribution in [-0.2, 0) is 25.9 Å². The molecule has 3 N–H and O–H groups in total. The van der Waals surface area contributed by atoms with E-state index in [0.29, 0.717) is 22.6 Å². The molecule has 0 aromatic heterocycles. The summed E-state index contributed by atoms with van der Waals surface area (Å²) >= 11 is 0. The van der Waals surface area contributed by atoms with E-state index in [0.717, 1.165) is 11.8 Å². The molecular formula is C31H42N2O7SSi. The van der Waals surface area contributed by atoms with Crippen molar-refractivity contribution in [2.45, 2.75) is 57.7 Å². The van der Waals surface area contributed by atoms with Crippen molar-refractivity contribution in [2.24, 2.45) is 0 Å². The minimum atomic E-state index is -3.63. The lowest BCUT2D eigenvalue weighted by atomic mass is 10.0. The Morgan fingerprint density at radius 1 is 0.976 bits per heavy atom. The van der Waals surface area contributed by atoms with E-state index in [1.807, 2.05) is 36.4 Å². The van der Waals surface area contributed by atoms with E-state index < -0.39 is 36.5 Å². The molecule has 0 fully saturated rings. The summed E-state index contributed by atoms with van der Waals surface area (Å²) in [6, 6.07) is 20.7. The molecule has 3 aromatic rings. The average molecular weight is 615 g/mol. The van der Waals surface area contributed by atoms with Crippen molar-refractivity contribution in [2.75, 3.05) is 24.6 Å². The van der Waals surface area contributed by atoms with Crippen LogP contribution in [0.25, 0.3) is 0 Å². The maximum atomic E-state index is 12.3. The molecule has 0 saturated heterocycles. The minimum absolute atomic E-state index is 0.125. The zero-order valence-corrected chi connectivity index (χ0v) is 27.1. The van der Waals surface area contributed by atoms with Crippen LogP contribution in [0.2, 0.25) is 18.1 Å². The normalized spacial score (nSPS) is 13.7. The minimum Gasteiger partial charge on any atom is -0.497 e. The van der Waals surface area contributed by atoms with Crippen molar-refractivity contribution in [1.29, 1.82) is 0 Å². The van der Waals surface area contributed by atoms with Crippen molar-refractivity contribution in [3.05, 3.63) is 89.5 Å². The average Bonchev–Trinajstić information content (AvgIpc) is 2.91. The fourth-order valence-electron chi connectivity index (χ4n) is 4.02. The van der Waals surface area contributed by atoms with Crippen LogP contribution in [0.4, 0.5) is 5.69 Å². The maximum Gasteiger partial charge on any atom is 0.325 e. The highest BCUT2D eigenvalue weighted by molar-refractivity contribution is 7.92. The molecule has 0 aliphatic rings. The number of hydrogen-bond donors (Lipinski definition) is 3. The van der Waals surface area contributed by atoms with Gasteiger partial charge in [-0.15, -0.1) is 0 Å². The first-order chi connectivity index (χ1) is 19.6. The van der Waals surface area contributed by atoms with Crippen LogP contribution in [-0.4, -0.2) is 47.7 Å². The Bertz CT molecular complexity index is 1440. The molecule has 0 saturated carbocycles. The van der Waals surface area contributed by atoms with Crippen molar-refractivity contribution in [1.82, 2.24) is 5.32 Å². The lowest BCUT2D eigenvalue weighted by Crippen LogP contribution is -2.44. The highest BCUT2D eigenvalue weighted by Crippen LogP contribution is 2.41. The third-order valence-corrected chi connectivity index (χ3v) is 12.4. The lowest BCUT2D eigenvalue weighted by molar-refractivity contribution is -0.139. The monoisotopic (exact) mass is 614 g/mol. The van der Waals surface area contributed by atoms with Gasteiger partial charge in [-0.05, 0) is 59.1 Å². The van der Waals surface area contributed by atoms with Gasteiger partial charge in [-0.2, -0.15) is 0 Å². The van der Waals surface area contributed by atoms with Gasteiger partial charge in [0.05, 0.1) is 25.2 Å². The third kappa shape index (κ3) is 9.31. The van der Waals surface area contributed by atoms with Gasteiger partial charge < -0.3 is 19.0 Å². The zero-order valence-electron chi connectivity index (χ0n) is 25.3. The van der Waals surface area contributed by atoms with Crippen LogP contribution < -0.4 is 19.5 Å². The number of ether oxygens (including phenoxy) is 2. The van der Waals surface area contributed by atoms with E-state index >= 15 is 0 Å². The van der Waals surface area contributed by atoms with Crippen molar-refractivity contribution >= 4 is 30.0 Å². The van der Waals surface area contributed by atoms with Crippen molar-refractivity contribution in [3.8, 4) is 11.5 Å². The predicted molar refractivity (Wildman–Crippen MR) is 168 cm³/mol.